The van der Waals surface area contributed by atoms with E-state index in [0.29, 0.717) is 26.2 Å². The van der Waals surface area contributed by atoms with Gasteiger partial charge in [0.25, 0.3) is 0 Å². The number of nitrogens with one attached hydrogen (secondary N) is 2. The molecule has 162 valence electrons. The summed E-state index contributed by atoms with van der Waals surface area (Å²) < 4.78 is 31.7. The van der Waals surface area contributed by atoms with E-state index in [4.69, 9.17) is 4.74 Å². The quantitative estimate of drug-likeness (QED) is 0.215. The van der Waals surface area contributed by atoms with Crippen LogP contribution in [0.25, 0.3) is 0 Å². The first kappa shape index (κ1) is 26.8. The molecule has 0 bridgehead atoms. The number of rotatable bonds is 8. The molecule has 10 heteroatoms. The van der Waals surface area contributed by atoms with Crippen molar-refractivity contribution in [2.75, 3.05) is 58.7 Å². The third-order valence-corrected chi connectivity index (χ3v) is 5.83. The number of sulfonamides is 1. The van der Waals surface area contributed by atoms with E-state index in [1.54, 1.807) is 11.4 Å². The molecule has 8 nitrogen and oxygen atoms in total. The predicted molar refractivity (Wildman–Crippen MR) is 123 cm³/mol. The fraction of sp³-hybridized carbons (Fsp3) is 0.941. The second-order valence-corrected chi connectivity index (χ2v) is 9.86. The van der Waals surface area contributed by atoms with Crippen LogP contribution in [0.15, 0.2) is 4.99 Å². The Hall–Kier alpha value is -0.170. The van der Waals surface area contributed by atoms with E-state index in [0.717, 1.165) is 19.0 Å². The molecular weight excluding hydrogens is 481 g/mol. The molecule has 1 saturated heterocycles. The lowest BCUT2D eigenvalue weighted by atomic mass is 10.1. The van der Waals surface area contributed by atoms with Gasteiger partial charge in [0.1, 0.15) is 0 Å². The lowest BCUT2D eigenvalue weighted by molar-refractivity contribution is 0.0904. The molecule has 1 aliphatic rings. The van der Waals surface area contributed by atoms with E-state index in [-0.39, 0.29) is 48.0 Å². The van der Waals surface area contributed by atoms with Gasteiger partial charge in [0, 0.05) is 51.9 Å². The van der Waals surface area contributed by atoms with Gasteiger partial charge < -0.3 is 20.3 Å². The molecule has 1 fully saturated rings. The van der Waals surface area contributed by atoms with Gasteiger partial charge >= 0.3 is 0 Å². The summed E-state index contributed by atoms with van der Waals surface area (Å²) in [6.45, 7) is 14.3. The van der Waals surface area contributed by atoms with Crippen molar-refractivity contribution in [1.29, 1.82) is 0 Å². The average Bonchev–Trinajstić information content (AvgIpc) is 2.53. The molecule has 0 aromatic heterocycles. The van der Waals surface area contributed by atoms with Gasteiger partial charge in [-0.25, -0.2) is 8.42 Å². The number of nitrogens with zero attached hydrogens (tertiary/aromatic N) is 3. The maximum atomic E-state index is 12.4. The maximum absolute atomic E-state index is 12.4. The Morgan fingerprint density at radius 3 is 2.22 bits per heavy atom. The normalized spacial score (nSPS) is 17.1. The highest BCUT2D eigenvalue weighted by Gasteiger charge is 2.27. The molecule has 0 aromatic carbocycles. The molecule has 0 spiro atoms. The number of halogens is 1. The standard InChI is InChI=1S/C17H37N5O3S.HI/c1-15(2)25-13-14-26(23,24)22-11-9-21(10-12-22)16(18-6)19-7-8-20-17(3,4)5;/h15,20H,7-14H2,1-6H3,(H,18,19);1H. The minimum atomic E-state index is -3.26. The smallest absolute Gasteiger partial charge is 0.216 e. The van der Waals surface area contributed by atoms with Gasteiger partial charge in [-0.15, -0.1) is 24.0 Å². The van der Waals surface area contributed by atoms with Crippen LogP contribution in [0, 0.1) is 0 Å². The molecule has 0 atom stereocenters. The van der Waals surface area contributed by atoms with Crippen LogP contribution in [0.4, 0.5) is 0 Å². The Bertz CT molecular complexity index is 541. The van der Waals surface area contributed by atoms with Crippen molar-refractivity contribution in [3.05, 3.63) is 0 Å². The third kappa shape index (κ3) is 10.8. The Balaban J connectivity index is 0.00000676. The molecule has 1 aliphatic heterocycles. The molecular formula is C17H38IN5O3S. The van der Waals surface area contributed by atoms with E-state index in [1.165, 1.54) is 0 Å². The number of guanidine groups is 1. The fourth-order valence-corrected chi connectivity index (χ4v) is 3.93. The van der Waals surface area contributed by atoms with Crippen LogP contribution in [-0.2, 0) is 14.8 Å². The molecule has 0 unspecified atom stereocenters. The number of ether oxygens (including phenoxy) is 1. The van der Waals surface area contributed by atoms with Crippen molar-refractivity contribution in [2.24, 2.45) is 4.99 Å². The Morgan fingerprint density at radius 1 is 1.15 bits per heavy atom. The molecule has 0 aliphatic carbocycles. The first-order valence-corrected chi connectivity index (χ1v) is 11.0. The zero-order valence-electron chi connectivity index (χ0n) is 17.6. The topological polar surface area (TPSA) is 86.3 Å². The van der Waals surface area contributed by atoms with Crippen LogP contribution in [0.1, 0.15) is 34.6 Å². The molecule has 27 heavy (non-hydrogen) atoms. The van der Waals surface area contributed by atoms with E-state index in [1.807, 2.05) is 13.8 Å². The van der Waals surface area contributed by atoms with Crippen LogP contribution < -0.4 is 10.6 Å². The highest BCUT2D eigenvalue weighted by molar-refractivity contribution is 14.0. The van der Waals surface area contributed by atoms with Gasteiger partial charge in [0.2, 0.25) is 10.0 Å². The van der Waals surface area contributed by atoms with Crippen LogP contribution in [0.3, 0.4) is 0 Å². The molecule has 0 saturated carbocycles. The van der Waals surface area contributed by atoms with E-state index < -0.39 is 10.0 Å². The van der Waals surface area contributed by atoms with Crippen molar-refractivity contribution >= 4 is 40.0 Å². The zero-order chi connectivity index (χ0) is 19.8. The maximum Gasteiger partial charge on any atom is 0.216 e. The molecule has 0 radical (unpaired) electrons. The van der Waals surface area contributed by atoms with Crippen LogP contribution in [-0.4, -0.2) is 93.9 Å². The number of aliphatic imine (C=N–C) groups is 1. The van der Waals surface area contributed by atoms with E-state index in [2.05, 4.69) is 41.3 Å². The highest BCUT2D eigenvalue weighted by Crippen LogP contribution is 2.09. The molecule has 1 heterocycles. The van der Waals surface area contributed by atoms with Gasteiger partial charge in [-0.05, 0) is 34.6 Å². The number of hydrogen-bond acceptors (Lipinski definition) is 5. The lowest BCUT2D eigenvalue weighted by Crippen LogP contribution is -2.55. The van der Waals surface area contributed by atoms with Crippen molar-refractivity contribution in [2.45, 2.75) is 46.3 Å². The summed E-state index contributed by atoms with van der Waals surface area (Å²) in [5.74, 6) is 0.859. The number of piperazine rings is 1. The zero-order valence-corrected chi connectivity index (χ0v) is 20.8. The summed E-state index contributed by atoms with van der Waals surface area (Å²) >= 11 is 0. The minimum absolute atomic E-state index is 0. The Labute approximate surface area is 182 Å². The van der Waals surface area contributed by atoms with Crippen molar-refractivity contribution in [3.8, 4) is 0 Å². The summed E-state index contributed by atoms with van der Waals surface area (Å²) in [5, 5.41) is 6.76. The summed E-state index contributed by atoms with van der Waals surface area (Å²) in [4.78, 5) is 6.42. The summed E-state index contributed by atoms with van der Waals surface area (Å²) in [5.41, 5.74) is 0.0878. The molecule has 1 rings (SSSR count). The van der Waals surface area contributed by atoms with Crippen molar-refractivity contribution in [3.63, 3.8) is 0 Å². The molecule has 0 aromatic rings. The molecule has 0 amide bonds. The van der Waals surface area contributed by atoms with Gasteiger partial charge in [0.05, 0.1) is 18.5 Å². The summed E-state index contributed by atoms with van der Waals surface area (Å²) in [6.07, 6.45) is 0.0456. The van der Waals surface area contributed by atoms with Crippen LogP contribution in [0.2, 0.25) is 0 Å². The minimum Gasteiger partial charge on any atom is -0.378 e. The summed E-state index contributed by atoms with van der Waals surface area (Å²) in [6, 6.07) is 0. The number of hydrogen-bond donors (Lipinski definition) is 2. The Kier molecular flexibility index (Phi) is 12.3. The first-order chi connectivity index (χ1) is 12.0. The highest BCUT2D eigenvalue weighted by atomic mass is 127. The predicted octanol–water partition coefficient (Wildman–Crippen LogP) is 0.940. The van der Waals surface area contributed by atoms with Gasteiger partial charge in [0.15, 0.2) is 5.96 Å². The average molecular weight is 519 g/mol. The largest absolute Gasteiger partial charge is 0.378 e. The van der Waals surface area contributed by atoms with Gasteiger partial charge in [-0.1, -0.05) is 0 Å². The van der Waals surface area contributed by atoms with Crippen LogP contribution >= 0.6 is 24.0 Å². The van der Waals surface area contributed by atoms with E-state index in [9.17, 15) is 8.42 Å². The fourth-order valence-electron chi connectivity index (χ4n) is 2.64. The second kappa shape index (κ2) is 12.4. The van der Waals surface area contributed by atoms with Crippen LogP contribution in [0.5, 0.6) is 0 Å². The lowest BCUT2D eigenvalue weighted by Gasteiger charge is -2.36. The van der Waals surface area contributed by atoms with E-state index >= 15 is 0 Å². The first-order valence-electron chi connectivity index (χ1n) is 9.35. The van der Waals surface area contributed by atoms with Crippen molar-refractivity contribution < 1.29 is 13.2 Å². The third-order valence-electron chi connectivity index (χ3n) is 4.00. The van der Waals surface area contributed by atoms with Gasteiger partial charge in [-0.2, -0.15) is 4.31 Å². The summed E-state index contributed by atoms with van der Waals surface area (Å²) in [7, 11) is -1.50. The van der Waals surface area contributed by atoms with Gasteiger partial charge in [-0.3, -0.25) is 4.99 Å². The SMILES string of the molecule is CN=C(NCCNC(C)(C)C)N1CCN(S(=O)(=O)CCOC(C)C)CC1.I. The Morgan fingerprint density at radius 2 is 1.74 bits per heavy atom. The second-order valence-electron chi connectivity index (χ2n) is 7.77. The van der Waals surface area contributed by atoms with Crippen molar-refractivity contribution in [1.82, 2.24) is 19.8 Å². The molecule has 2 N–H and O–H groups in total. The monoisotopic (exact) mass is 519 g/mol.